The first kappa shape index (κ1) is 20.8. The summed E-state index contributed by atoms with van der Waals surface area (Å²) in [5.41, 5.74) is 1.96. The Bertz CT molecular complexity index is 1110. The Morgan fingerprint density at radius 1 is 0.933 bits per heavy atom. The van der Waals surface area contributed by atoms with Crippen LogP contribution in [-0.2, 0) is 10.0 Å². The van der Waals surface area contributed by atoms with Crippen molar-refractivity contribution in [2.45, 2.75) is 4.90 Å². The van der Waals surface area contributed by atoms with E-state index in [9.17, 15) is 8.42 Å². The van der Waals surface area contributed by atoms with Crippen molar-refractivity contribution in [1.29, 1.82) is 0 Å². The third-order valence-electron chi connectivity index (χ3n) is 5.01. The molecular weight excluding hydrogens is 466 g/mol. The quantitative estimate of drug-likeness (QED) is 0.593. The molecule has 9 heteroatoms. The summed E-state index contributed by atoms with van der Waals surface area (Å²) in [5.74, 6) is 0.860. The topological polar surface area (TPSA) is 78.4 Å². The fraction of sp³-hybridized carbons (Fsp3) is 0.238. The molecule has 0 spiro atoms. The molecule has 0 bridgehead atoms. The van der Waals surface area contributed by atoms with Gasteiger partial charge >= 0.3 is 0 Å². The molecule has 1 fully saturated rings. The summed E-state index contributed by atoms with van der Waals surface area (Å²) in [7, 11) is -1.56. The molecule has 1 saturated heterocycles. The summed E-state index contributed by atoms with van der Waals surface area (Å²) in [4.78, 5) is 4.71. The van der Waals surface area contributed by atoms with Crippen LogP contribution in [0.1, 0.15) is 0 Å². The van der Waals surface area contributed by atoms with E-state index >= 15 is 0 Å². The molecule has 0 saturated carbocycles. The zero-order chi connectivity index (χ0) is 21.1. The molecule has 30 heavy (non-hydrogen) atoms. The third kappa shape index (κ3) is 4.80. The van der Waals surface area contributed by atoms with Gasteiger partial charge in [-0.25, -0.2) is 8.42 Å². The summed E-state index contributed by atoms with van der Waals surface area (Å²) >= 11 is 3.31. The second kappa shape index (κ2) is 8.71. The summed E-state index contributed by atoms with van der Waals surface area (Å²) in [6, 6.07) is 17.5. The lowest BCUT2D eigenvalue weighted by Crippen LogP contribution is -2.44. The highest BCUT2D eigenvalue weighted by molar-refractivity contribution is 9.10. The molecule has 3 aromatic rings. The highest BCUT2D eigenvalue weighted by Gasteiger charge is 2.17. The minimum absolute atomic E-state index is 0.201. The van der Waals surface area contributed by atoms with Gasteiger partial charge in [0.15, 0.2) is 5.82 Å². The molecule has 0 atom stereocenters. The average Bonchev–Trinajstić information content (AvgIpc) is 2.75. The number of halogens is 1. The normalized spacial score (nSPS) is 15.2. The molecule has 0 unspecified atom stereocenters. The first-order valence-corrected chi connectivity index (χ1v) is 11.8. The lowest BCUT2D eigenvalue weighted by atomic mass is 10.1. The van der Waals surface area contributed by atoms with Crippen molar-refractivity contribution in [2.24, 2.45) is 0 Å². The van der Waals surface area contributed by atoms with Gasteiger partial charge in [0.2, 0.25) is 0 Å². The van der Waals surface area contributed by atoms with Gasteiger partial charge < -0.3 is 9.80 Å². The van der Waals surface area contributed by atoms with Gasteiger partial charge in [0.25, 0.3) is 10.0 Å². The second-order valence-electron chi connectivity index (χ2n) is 7.21. The average molecular weight is 488 g/mol. The molecule has 1 aliphatic heterocycles. The number of rotatable bonds is 5. The summed E-state index contributed by atoms with van der Waals surface area (Å²) in [6.45, 7) is 3.86. The fourth-order valence-electron chi connectivity index (χ4n) is 3.25. The fourth-order valence-corrected chi connectivity index (χ4v) is 4.57. The summed E-state index contributed by atoms with van der Waals surface area (Å²) in [5, 5.41) is 8.74. The van der Waals surface area contributed by atoms with E-state index in [0.717, 1.165) is 42.0 Å². The van der Waals surface area contributed by atoms with Gasteiger partial charge in [0.05, 0.1) is 10.6 Å². The zero-order valence-electron chi connectivity index (χ0n) is 16.5. The third-order valence-corrected chi connectivity index (χ3v) is 6.94. The first-order chi connectivity index (χ1) is 14.4. The molecule has 1 aliphatic rings. The molecule has 0 aliphatic carbocycles. The Morgan fingerprint density at radius 3 is 2.33 bits per heavy atom. The molecule has 1 N–H and O–H groups in total. The van der Waals surface area contributed by atoms with Gasteiger partial charge in [-0.1, -0.05) is 28.1 Å². The van der Waals surface area contributed by atoms with Crippen molar-refractivity contribution in [3.05, 3.63) is 65.1 Å². The predicted molar refractivity (Wildman–Crippen MR) is 122 cm³/mol. The number of hydrogen-bond acceptors (Lipinski definition) is 6. The maximum absolute atomic E-state index is 12.6. The van der Waals surface area contributed by atoms with Crippen LogP contribution in [0.2, 0.25) is 0 Å². The lowest BCUT2D eigenvalue weighted by molar-refractivity contribution is 0.312. The van der Waals surface area contributed by atoms with Gasteiger partial charge in [-0.15, -0.1) is 10.2 Å². The van der Waals surface area contributed by atoms with Crippen LogP contribution in [0.3, 0.4) is 0 Å². The lowest BCUT2D eigenvalue weighted by Gasteiger charge is -2.32. The SMILES string of the molecule is CN1CCN(c2ccc(-c3cccc(NS(=O)(=O)c4ccc(Br)cc4)c3)nn2)CC1. The summed E-state index contributed by atoms with van der Waals surface area (Å²) in [6.07, 6.45) is 0. The molecule has 1 aromatic heterocycles. The van der Waals surface area contributed by atoms with E-state index in [1.807, 2.05) is 18.2 Å². The van der Waals surface area contributed by atoms with E-state index in [0.29, 0.717) is 11.4 Å². The Balaban J connectivity index is 1.51. The molecule has 4 rings (SSSR count). The molecular formula is C21H22BrN5O2S. The van der Waals surface area contributed by atoms with Crippen LogP contribution in [0, 0.1) is 0 Å². The Hall–Kier alpha value is -2.49. The minimum atomic E-state index is -3.67. The summed E-state index contributed by atoms with van der Waals surface area (Å²) < 4.78 is 28.7. The van der Waals surface area contributed by atoms with Gasteiger partial charge in [-0.2, -0.15) is 0 Å². The Morgan fingerprint density at radius 2 is 1.67 bits per heavy atom. The first-order valence-electron chi connectivity index (χ1n) is 9.57. The number of nitrogens with one attached hydrogen (secondary N) is 1. The van der Waals surface area contributed by atoms with Crippen molar-refractivity contribution < 1.29 is 8.42 Å². The number of piperazine rings is 1. The highest BCUT2D eigenvalue weighted by atomic mass is 79.9. The van der Waals surface area contributed by atoms with Gasteiger partial charge in [-0.3, -0.25) is 4.72 Å². The van der Waals surface area contributed by atoms with E-state index in [1.54, 1.807) is 42.5 Å². The number of aromatic nitrogens is 2. The smallest absolute Gasteiger partial charge is 0.261 e. The van der Waals surface area contributed by atoms with E-state index in [2.05, 4.69) is 47.7 Å². The number of anilines is 2. The van der Waals surface area contributed by atoms with E-state index in [-0.39, 0.29) is 4.90 Å². The second-order valence-corrected chi connectivity index (χ2v) is 9.81. The maximum atomic E-state index is 12.6. The number of nitrogens with zero attached hydrogens (tertiary/aromatic N) is 4. The van der Waals surface area contributed by atoms with Gasteiger partial charge in [0, 0.05) is 41.9 Å². The van der Waals surface area contributed by atoms with Crippen LogP contribution in [0.4, 0.5) is 11.5 Å². The van der Waals surface area contributed by atoms with E-state index < -0.39 is 10.0 Å². The number of hydrogen-bond donors (Lipinski definition) is 1. The molecule has 156 valence electrons. The molecule has 7 nitrogen and oxygen atoms in total. The van der Waals surface area contributed by atoms with Crippen LogP contribution >= 0.6 is 15.9 Å². The molecule has 0 radical (unpaired) electrons. The van der Waals surface area contributed by atoms with Gasteiger partial charge in [0.1, 0.15) is 0 Å². The van der Waals surface area contributed by atoms with Crippen LogP contribution in [0.25, 0.3) is 11.3 Å². The molecule has 2 heterocycles. The van der Waals surface area contributed by atoms with Crippen molar-refractivity contribution in [3.8, 4) is 11.3 Å². The van der Waals surface area contributed by atoms with Crippen molar-refractivity contribution >= 4 is 37.5 Å². The van der Waals surface area contributed by atoms with Crippen molar-refractivity contribution in [1.82, 2.24) is 15.1 Å². The van der Waals surface area contributed by atoms with Crippen LogP contribution in [0.5, 0.6) is 0 Å². The molecule has 2 aromatic carbocycles. The van der Waals surface area contributed by atoms with Crippen LogP contribution < -0.4 is 9.62 Å². The number of likely N-dealkylation sites (N-methyl/N-ethyl adjacent to an activating group) is 1. The maximum Gasteiger partial charge on any atom is 0.261 e. The molecule has 0 amide bonds. The number of benzene rings is 2. The van der Waals surface area contributed by atoms with Crippen molar-refractivity contribution in [3.63, 3.8) is 0 Å². The standard InChI is InChI=1S/C21H22BrN5O2S/c1-26-11-13-27(14-12-26)21-10-9-20(23-24-21)16-3-2-4-18(15-16)25-30(28,29)19-7-5-17(22)6-8-19/h2-10,15,25H,11-14H2,1H3. The largest absolute Gasteiger partial charge is 0.353 e. The number of sulfonamides is 1. The van der Waals surface area contributed by atoms with Gasteiger partial charge in [-0.05, 0) is 55.6 Å². The monoisotopic (exact) mass is 487 g/mol. The van der Waals surface area contributed by atoms with Crippen LogP contribution in [-0.4, -0.2) is 56.7 Å². The van der Waals surface area contributed by atoms with Crippen molar-refractivity contribution in [2.75, 3.05) is 42.8 Å². The Kier molecular flexibility index (Phi) is 6.03. The van der Waals surface area contributed by atoms with Crippen LogP contribution in [0.15, 0.2) is 70.0 Å². The van der Waals surface area contributed by atoms with E-state index in [1.165, 1.54) is 0 Å². The predicted octanol–water partition coefficient (Wildman–Crippen LogP) is 3.46. The van der Waals surface area contributed by atoms with E-state index in [4.69, 9.17) is 0 Å². The highest BCUT2D eigenvalue weighted by Crippen LogP contribution is 2.24. The minimum Gasteiger partial charge on any atom is -0.353 e. The zero-order valence-corrected chi connectivity index (χ0v) is 18.9. The Labute approximate surface area is 184 Å².